The molecule has 1 aliphatic heterocycles. The molecule has 1 unspecified atom stereocenters. The molecule has 1 aromatic rings. The molecule has 92 valence electrons. The molecule has 1 aliphatic rings. The molecule has 1 fully saturated rings. The summed E-state index contributed by atoms with van der Waals surface area (Å²) in [5, 5.41) is 3.68. The van der Waals surface area contributed by atoms with E-state index < -0.39 is 0 Å². The van der Waals surface area contributed by atoms with Gasteiger partial charge >= 0.3 is 0 Å². The molecule has 1 aromatic heterocycles. The lowest BCUT2D eigenvalue weighted by Crippen LogP contribution is -2.49. The molecule has 2 rings (SSSR count). The van der Waals surface area contributed by atoms with Crippen LogP contribution in [0.1, 0.15) is 16.2 Å². The predicted octanol–water partition coefficient (Wildman–Crippen LogP) is 0.110. The van der Waals surface area contributed by atoms with Gasteiger partial charge in [-0.15, -0.1) is 0 Å². The van der Waals surface area contributed by atoms with Gasteiger partial charge in [-0.05, 0) is 6.92 Å². The number of ether oxygens (including phenoxy) is 1. The molecular formula is C10H13N3O3S. The van der Waals surface area contributed by atoms with E-state index in [0.29, 0.717) is 25.4 Å². The second kappa shape index (κ2) is 4.80. The Labute approximate surface area is 104 Å². The predicted molar refractivity (Wildman–Crippen MR) is 63.7 cm³/mol. The Morgan fingerprint density at radius 2 is 2.47 bits per heavy atom. The smallest absolute Gasteiger partial charge is 0.292 e. The standard InChI is InChI=1S/C10H13N3O3S/c1-6-4-7(16-12-6)10(14)13-2-3-15-8(5-13)9(11)17/h4,8H,2-3,5H2,1H3,(H2,11,17). The lowest BCUT2D eigenvalue weighted by molar-refractivity contribution is 0.00694. The Morgan fingerprint density at radius 1 is 1.71 bits per heavy atom. The molecule has 1 amide bonds. The molecular weight excluding hydrogens is 242 g/mol. The normalized spacial score (nSPS) is 20.3. The number of hydrogen-bond donors (Lipinski definition) is 1. The summed E-state index contributed by atoms with van der Waals surface area (Å²) in [5.74, 6) is 0.0150. The summed E-state index contributed by atoms with van der Waals surface area (Å²) in [6.07, 6.45) is -0.383. The Hall–Kier alpha value is -1.47. The Kier molecular flexibility index (Phi) is 3.39. The highest BCUT2D eigenvalue weighted by atomic mass is 32.1. The van der Waals surface area contributed by atoms with Crippen molar-refractivity contribution in [2.45, 2.75) is 13.0 Å². The Morgan fingerprint density at radius 3 is 3.06 bits per heavy atom. The number of carbonyl (C=O) groups is 1. The molecule has 17 heavy (non-hydrogen) atoms. The van der Waals surface area contributed by atoms with Crippen LogP contribution in [-0.2, 0) is 4.74 Å². The van der Waals surface area contributed by atoms with Crippen molar-refractivity contribution >= 4 is 23.1 Å². The number of rotatable bonds is 2. The minimum absolute atomic E-state index is 0.213. The summed E-state index contributed by atoms with van der Waals surface area (Å²) in [6.45, 7) is 3.03. The second-order valence-corrected chi connectivity index (χ2v) is 4.32. The van der Waals surface area contributed by atoms with E-state index >= 15 is 0 Å². The zero-order chi connectivity index (χ0) is 12.4. The molecule has 2 N–H and O–H groups in total. The number of thiocarbonyl (C=S) groups is 1. The highest BCUT2D eigenvalue weighted by molar-refractivity contribution is 7.80. The molecule has 0 radical (unpaired) electrons. The zero-order valence-corrected chi connectivity index (χ0v) is 10.2. The number of aryl methyl sites for hydroxylation is 1. The van der Waals surface area contributed by atoms with Crippen molar-refractivity contribution in [2.24, 2.45) is 5.73 Å². The lowest BCUT2D eigenvalue weighted by atomic mass is 10.2. The van der Waals surface area contributed by atoms with E-state index in [1.807, 2.05) is 0 Å². The number of morpholine rings is 1. The van der Waals surface area contributed by atoms with Crippen molar-refractivity contribution < 1.29 is 14.1 Å². The fraction of sp³-hybridized carbons (Fsp3) is 0.500. The summed E-state index contributed by atoms with van der Waals surface area (Å²) in [4.78, 5) is 13.9. The van der Waals surface area contributed by atoms with Crippen molar-refractivity contribution in [3.05, 3.63) is 17.5 Å². The van der Waals surface area contributed by atoms with Crippen LogP contribution in [-0.4, -0.2) is 46.8 Å². The number of carbonyl (C=O) groups excluding carboxylic acids is 1. The van der Waals surface area contributed by atoms with Crippen LogP contribution < -0.4 is 5.73 Å². The van der Waals surface area contributed by atoms with Crippen LogP contribution in [0.2, 0.25) is 0 Å². The molecule has 0 saturated carbocycles. The second-order valence-electron chi connectivity index (χ2n) is 3.85. The zero-order valence-electron chi connectivity index (χ0n) is 9.38. The molecule has 1 atom stereocenters. The Bertz CT molecular complexity index is 446. The first-order chi connectivity index (χ1) is 8.08. The van der Waals surface area contributed by atoms with E-state index in [9.17, 15) is 4.79 Å². The van der Waals surface area contributed by atoms with Crippen molar-refractivity contribution in [3.8, 4) is 0 Å². The van der Waals surface area contributed by atoms with Gasteiger partial charge in [-0.1, -0.05) is 17.4 Å². The molecule has 1 saturated heterocycles. The van der Waals surface area contributed by atoms with Crippen LogP contribution in [0.15, 0.2) is 10.6 Å². The minimum Gasteiger partial charge on any atom is -0.391 e. The minimum atomic E-state index is -0.383. The average molecular weight is 255 g/mol. The maximum absolute atomic E-state index is 12.0. The topological polar surface area (TPSA) is 81.6 Å². The number of nitrogens with zero attached hydrogens (tertiary/aromatic N) is 2. The monoisotopic (exact) mass is 255 g/mol. The van der Waals surface area contributed by atoms with Gasteiger partial charge in [-0.3, -0.25) is 4.79 Å². The Balaban J connectivity index is 2.07. The number of nitrogens with two attached hydrogens (primary N) is 1. The first kappa shape index (κ1) is 12.0. The molecule has 6 nitrogen and oxygen atoms in total. The van der Waals surface area contributed by atoms with Gasteiger partial charge in [0.15, 0.2) is 0 Å². The summed E-state index contributed by atoms with van der Waals surface area (Å²) in [5.41, 5.74) is 6.18. The van der Waals surface area contributed by atoms with E-state index in [1.165, 1.54) is 0 Å². The summed E-state index contributed by atoms with van der Waals surface area (Å²) >= 11 is 4.85. The SMILES string of the molecule is Cc1cc(C(=O)N2CCOC(C(N)=S)C2)on1. The summed E-state index contributed by atoms with van der Waals surface area (Å²) in [6, 6.07) is 1.60. The van der Waals surface area contributed by atoms with Crippen LogP contribution in [0.3, 0.4) is 0 Å². The van der Waals surface area contributed by atoms with Crippen LogP contribution in [0.4, 0.5) is 0 Å². The maximum Gasteiger partial charge on any atom is 0.292 e. The molecule has 0 aromatic carbocycles. The number of amides is 1. The van der Waals surface area contributed by atoms with E-state index in [-0.39, 0.29) is 22.8 Å². The highest BCUT2D eigenvalue weighted by Crippen LogP contribution is 2.11. The molecule has 7 heteroatoms. The van der Waals surface area contributed by atoms with E-state index in [2.05, 4.69) is 5.16 Å². The van der Waals surface area contributed by atoms with Crippen LogP contribution in [0, 0.1) is 6.92 Å². The van der Waals surface area contributed by atoms with E-state index in [0.717, 1.165) is 0 Å². The van der Waals surface area contributed by atoms with Crippen molar-refractivity contribution in [1.29, 1.82) is 0 Å². The highest BCUT2D eigenvalue weighted by Gasteiger charge is 2.28. The third-order valence-electron chi connectivity index (χ3n) is 2.51. The quantitative estimate of drug-likeness (QED) is 0.755. The van der Waals surface area contributed by atoms with Gasteiger partial charge in [0.05, 0.1) is 18.8 Å². The van der Waals surface area contributed by atoms with Gasteiger partial charge in [0.1, 0.15) is 11.1 Å². The third-order valence-corrected chi connectivity index (χ3v) is 2.77. The van der Waals surface area contributed by atoms with Gasteiger partial charge in [0, 0.05) is 12.6 Å². The van der Waals surface area contributed by atoms with Crippen molar-refractivity contribution in [2.75, 3.05) is 19.7 Å². The largest absolute Gasteiger partial charge is 0.391 e. The van der Waals surface area contributed by atoms with Gasteiger partial charge in [0.25, 0.3) is 5.91 Å². The first-order valence-corrected chi connectivity index (χ1v) is 5.62. The van der Waals surface area contributed by atoms with Crippen LogP contribution >= 0.6 is 12.2 Å². The number of aromatic nitrogens is 1. The van der Waals surface area contributed by atoms with Crippen molar-refractivity contribution in [3.63, 3.8) is 0 Å². The molecule has 0 aliphatic carbocycles. The fourth-order valence-electron chi connectivity index (χ4n) is 1.63. The third kappa shape index (κ3) is 2.62. The van der Waals surface area contributed by atoms with E-state index in [4.69, 9.17) is 27.2 Å². The molecule has 0 bridgehead atoms. The molecule has 2 heterocycles. The van der Waals surface area contributed by atoms with Crippen molar-refractivity contribution in [1.82, 2.24) is 10.1 Å². The number of hydrogen-bond acceptors (Lipinski definition) is 5. The summed E-state index contributed by atoms with van der Waals surface area (Å²) < 4.78 is 10.3. The lowest BCUT2D eigenvalue weighted by Gasteiger charge is -2.31. The van der Waals surface area contributed by atoms with Gasteiger partial charge < -0.3 is 19.9 Å². The molecule has 0 spiro atoms. The summed E-state index contributed by atoms with van der Waals surface area (Å²) in [7, 11) is 0. The maximum atomic E-state index is 12.0. The van der Waals surface area contributed by atoms with Gasteiger partial charge in [0.2, 0.25) is 5.76 Å². The fourth-order valence-corrected chi connectivity index (χ4v) is 1.77. The van der Waals surface area contributed by atoms with Gasteiger partial charge in [-0.25, -0.2) is 0 Å². The first-order valence-electron chi connectivity index (χ1n) is 5.21. The van der Waals surface area contributed by atoms with Crippen LogP contribution in [0.5, 0.6) is 0 Å². The average Bonchev–Trinajstić information content (AvgIpc) is 2.75. The van der Waals surface area contributed by atoms with Crippen LogP contribution in [0.25, 0.3) is 0 Å². The van der Waals surface area contributed by atoms with Gasteiger partial charge in [-0.2, -0.15) is 0 Å². The van der Waals surface area contributed by atoms with E-state index in [1.54, 1.807) is 17.9 Å².